The van der Waals surface area contributed by atoms with Gasteiger partial charge in [-0.2, -0.15) is 0 Å². The second kappa shape index (κ2) is 6.20. The van der Waals surface area contributed by atoms with E-state index in [0.717, 1.165) is 38.3 Å². The molecule has 1 fully saturated rings. The number of nitrogens with zero attached hydrogens (tertiary/aromatic N) is 2. The van der Waals surface area contributed by atoms with Gasteiger partial charge in [-0.3, -0.25) is 9.80 Å². The van der Waals surface area contributed by atoms with E-state index in [4.69, 9.17) is 5.73 Å². The lowest BCUT2D eigenvalue weighted by Crippen LogP contribution is -2.54. The average Bonchev–Trinajstić information content (AvgIpc) is 2.39. The van der Waals surface area contributed by atoms with E-state index in [0.29, 0.717) is 0 Å². The summed E-state index contributed by atoms with van der Waals surface area (Å²) in [4.78, 5) is 4.91. The van der Waals surface area contributed by atoms with Gasteiger partial charge in [-0.15, -0.1) is 0 Å². The minimum Gasteiger partial charge on any atom is -0.323 e. The topological polar surface area (TPSA) is 32.5 Å². The van der Waals surface area contributed by atoms with Gasteiger partial charge in [0.15, 0.2) is 0 Å². The van der Waals surface area contributed by atoms with Gasteiger partial charge in [0.2, 0.25) is 0 Å². The van der Waals surface area contributed by atoms with E-state index >= 15 is 0 Å². The molecule has 2 N–H and O–H groups in total. The summed E-state index contributed by atoms with van der Waals surface area (Å²) < 4.78 is 12.9. The van der Waals surface area contributed by atoms with Crippen molar-refractivity contribution in [2.75, 3.05) is 32.7 Å². The molecule has 112 valence electrons. The molecule has 1 saturated heterocycles. The van der Waals surface area contributed by atoms with Crippen LogP contribution in [0.25, 0.3) is 0 Å². The van der Waals surface area contributed by atoms with Crippen LogP contribution in [-0.4, -0.2) is 48.1 Å². The fourth-order valence-corrected chi connectivity index (χ4v) is 2.69. The first-order valence-corrected chi connectivity index (χ1v) is 7.35. The van der Waals surface area contributed by atoms with E-state index in [1.807, 2.05) is 0 Å². The highest BCUT2D eigenvalue weighted by molar-refractivity contribution is 5.19. The van der Waals surface area contributed by atoms with Crippen molar-refractivity contribution < 1.29 is 4.39 Å². The zero-order valence-electron chi connectivity index (χ0n) is 12.8. The van der Waals surface area contributed by atoms with Crippen molar-refractivity contribution in [2.45, 2.75) is 32.4 Å². The molecule has 1 aliphatic heterocycles. The van der Waals surface area contributed by atoms with E-state index < -0.39 is 0 Å². The van der Waals surface area contributed by atoms with Crippen molar-refractivity contribution in [3.8, 4) is 0 Å². The van der Waals surface area contributed by atoms with Crippen LogP contribution in [0.1, 0.15) is 32.4 Å². The van der Waals surface area contributed by atoms with Gasteiger partial charge in [0.1, 0.15) is 5.82 Å². The molecular weight excluding hydrogens is 253 g/mol. The van der Waals surface area contributed by atoms with Gasteiger partial charge in [0.05, 0.1) is 0 Å². The first-order valence-electron chi connectivity index (χ1n) is 7.35. The van der Waals surface area contributed by atoms with Crippen LogP contribution in [-0.2, 0) is 0 Å². The molecule has 0 spiro atoms. The molecule has 4 heteroatoms. The Bertz CT molecular complexity index is 416. The smallest absolute Gasteiger partial charge is 0.123 e. The summed E-state index contributed by atoms with van der Waals surface area (Å²) in [5, 5.41) is 0. The van der Waals surface area contributed by atoms with Gasteiger partial charge < -0.3 is 5.73 Å². The Morgan fingerprint density at radius 1 is 1.10 bits per heavy atom. The lowest BCUT2D eigenvalue weighted by atomic mass is 10.0. The average molecular weight is 279 g/mol. The minimum absolute atomic E-state index is 0.0446. The fraction of sp³-hybridized carbons (Fsp3) is 0.625. The number of rotatable bonds is 3. The van der Waals surface area contributed by atoms with E-state index in [2.05, 4.69) is 30.6 Å². The molecule has 0 saturated carbocycles. The molecule has 1 aromatic carbocycles. The van der Waals surface area contributed by atoms with Gasteiger partial charge in [0, 0.05) is 44.3 Å². The summed E-state index contributed by atoms with van der Waals surface area (Å²) in [7, 11) is 0. The number of nitrogens with two attached hydrogens (primary N) is 1. The second-order valence-electron chi connectivity index (χ2n) is 6.62. The van der Waals surface area contributed by atoms with Crippen LogP contribution in [0, 0.1) is 5.82 Å². The highest BCUT2D eigenvalue weighted by Crippen LogP contribution is 2.18. The minimum atomic E-state index is -0.209. The maximum atomic E-state index is 12.9. The first kappa shape index (κ1) is 15.4. The molecule has 1 heterocycles. The summed E-state index contributed by atoms with van der Waals surface area (Å²) in [6.45, 7) is 11.9. The Balaban J connectivity index is 1.85. The molecule has 20 heavy (non-hydrogen) atoms. The number of halogens is 1. The summed E-state index contributed by atoms with van der Waals surface area (Å²) >= 11 is 0. The molecule has 0 aromatic heterocycles. The van der Waals surface area contributed by atoms with E-state index in [-0.39, 0.29) is 17.4 Å². The molecule has 1 aromatic rings. The Labute approximate surface area is 121 Å². The zero-order chi connectivity index (χ0) is 14.8. The van der Waals surface area contributed by atoms with Crippen molar-refractivity contribution in [1.29, 1.82) is 0 Å². The lowest BCUT2D eigenvalue weighted by Gasteiger charge is -2.42. The predicted octanol–water partition coefficient (Wildman–Crippen LogP) is 2.24. The molecule has 3 nitrogen and oxygen atoms in total. The fourth-order valence-electron chi connectivity index (χ4n) is 2.69. The van der Waals surface area contributed by atoms with Gasteiger partial charge in [-0.1, -0.05) is 12.1 Å². The van der Waals surface area contributed by atoms with Crippen molar-refractivity contribution in [1.82, 2.24) is 9.80 Å². The Hall–Kier alpha value is -0.970. The van der Waals surface area contributed by atoms with Gasteiger partial charge >= 0.3 is 0 Å². The van der Waals surface area contributed by atoms with Crippen LogP contribution in [0.3, 0.4) is 0 Å². The number of benzene rings is 1. The van der Waals surface area contributed by atoms with E-state index in [1.54, 1.807) is 12.1 Å². The molecule has 1 aliphatic rings. The molecule has 0 amide bonds. The highest BCUT2D eigenvalue weighted by atomic mass is 19.1. The normalized spacial score (nSPS) is 20.1. The third-order valence-corrected chi connectivity index (χ3v) is 4.07. The van der Waals surface area contributed by atoms with Gasteiger partial charge in [0.25, 0.3) is 0 Å². The van der Waals surface area contributed by atoms with Crippen LogP contribution in [0.2, 0.25) is 0 Å². The summed E-state index contributed by atoms with van der Waals surface area (Å²) in [5.41, 5.74) is 7.46. The van der Waals surface area contributed by atoms with Crippen LogP contribution >= 0.6 is 0 Å². The summed E-state index contributed by atoms with van der Waals surface area (Å²) in [6, 6.07) is 6.48. The molecule has 2 rings (SSSR count). The maximum absolute atomic E-state index is 12.9. The molecule has 0 radical (unpaired) electrons. The van der Waals surface area contributed by atoms with E-state index in [9.17, 15) is 4.39 Å². The van der Waals surface area contributed by atoms with Crippen molar-refractivity contribution in [2.24, 2.45) is 5.73 Å². The third kappa shape index (κ3) is 4.01. The van der Waals surface area contributed by atoms with E-state index in [1.165, 1.54) is 12.1 Å². The largest absolute Gasteiger partial charge is 0.323 e. The summed E-state index contributed by atoms with van der Waals surface area (Å²) in [5.74, 6) is -0.209. The number of hydrogen-bond donors (Lipinski definition) is 1. The Kier molecular flexibility index (Phi) is 4.78. The van der Waals surface area contributed by atoms with Crippen LogP contribution in [0.15, 0.2) is 24.3 Å². The molecule has 1 atom stereocenters. The second-order valence-corrected chi connectivity index (χ2v) is 6.62. The zero-order valence-corrected chi connectivity index (χ0v) is 12.8. The predicted molar refractivity (Wildman–Crippen MR) is 81.1 cm³/mol. The molecular formula is C16H26FN3. The first-order chi connectivity index (χ1) is 9.36. The third-order valence-electron chi connectivity index (χ3n) is 4.07. The van der Waals surface area contributed by atoms with Crippen molar-refractivity contribution in [3.05, 3.63) is 35.6 Å². The maximum Gasteiger partial charge on any atom is 0.123 e. The monoisotopic (exact) mass is 279 g/mol. The Morgan fingerprint density at radius 3 is 2.15 bits per heavy atom. The SMILES string of the molecule is CC(C)(C)N1CCN(CC(N)c2ccc(F)cc2)CC1. The molecule has 0 bridgehead atoms. The van der Waals surface area contributed by atoms with Gasteiger partial charge in [-0.05, 0) is 38.5 Å². The van der Waals surface area contributed by atoms with Crippen molar-refractivity contribution in [3.63, 3.8) is 0 Å². The van der Waals surface area contributed by atoms with Crippen LogP contribution in [0.4, 0.5) is 4.39 Å². The van der Waals surface area contributed by atoms with Crippen LogP contribution < -0.4 is 5.73 Å². The molecule has 0 aliphatic carbocycles. The lowest BCUT2D eigenvalue weighted by molar-refractivity contribution is 0.0598. The van der Waals surface area contributed by atoms with Crippen LogP contribution in [0.5, 0.6) is 0 Å². The Morgan fingerprint density at radius 2 is 1.65 bits per heavy atom. The number of piperazine rings is 1. The quantitative estimate of drug-likeness (QED) is 0.921. The standard InChI is InChI=1S/C16H26FN3/c1-16(2,3)20-10-8-19(9-11-20)12-15(18)13-4-6-14(17)7-5-13/h4-7,15H,8-12,18H2,1-3H3. The van der Waals surface area contributed by atoms with Crippen molar-refractivity contribution >= 4 is 0 Å². The highest BCUT2D eigenvalue weighted by Gasteiger charge is 2.26. The summed E-state index contributed by atoms with van der Waals surface area (Å²) in [6.07, 6.45) is 0. The number of hydrogen-bond acceptors (Lipinski definition) is 3. The molecule has 1 unspecified atom stereocenters. The van der Waals surface area contributed by atoms with Gasteiger partial charge in [-0.25, -0.2) is 4.39 Å².